The summed E-state index contributed by atoms with van der Waals surface area (Å²) in [5.74, 6) is -0.201. The zero-order chi connectivity index (χ0) is 18.5. The maximum absolute atomic E-state index is 12.0. The first-order valence-electron chi connectivity index (χ1n) is 8.44. The van der Waals surface area contributed by atoms with Gasteiger partial charge in [0.2, 0.25) is 11.8 Å². The summed E-state index contributed by atoms with van der Waals surface area (Å²) in [7, 11) is 0. The minimum atomic E-state index is -0.524. The van der Waals surface area contributed by atoms with Crippen molar-refractivity contribution in [1.82, 2.24) is 15.5 Å². The first kappa shape index (κ1) is 20.3. The highest BCUT2D eigenvalue weighted by atomic mass is 16.6. The number of nitrogens with one attached hydrogen (secondary N) is 2. The van der Waals surface area contributed by atoms with Gasteiger partial charge in [-0.2, -0.15) is 0 Å². The van der Waals surface area contributed by atoms with Crippen molar-refractivity contribution in [1.29, 1.82) is 0 Å². The minimum absolute atomic E-state index is 0.0664. The smallest absolute Gasteiger partial charge is 0.410 e. The molecular weight excluding hydrogens is 310 g/mol. The average molecular weight is 341 g/mol. The summed E-state index contributed by atoms with van der Waals surface area (Å²) in [6.07, 6.45) is 0.584. The van der Waals surface area contributed by atoms with Crippen molar-refractivity contribution in [3.05, 3.63) is 0 Å². The number of rotatable bonds is 4. The largest absolute Gasteiger partial charge is 0.444 e. The van der Waals surface area contributed by atoms with E-state index in [-0.39, 0.29) is 30.4 Å². The van der Waals surface area contributed by atoms with Crippen molar-refractivity contribution in [3.8, 4) is 0 Å². The van der Waals surface area contributed by atoms with Crippen molar-refractivity contribution in [2.45, 2.75) is 66.0 Å². The van der Waals surface area contributed by atoms with E-state index >= 15 is 0 Å². The third kappa shape index (κ3) is 7.19. The molecule has 1 fully saturated rings. The molecule has 7 heteroatoms. The number of carbonyl (C=O) groups excluding carboxylic acids is 3. The number of hydrogen-bond donors (Lipinski definition) is 2. The summed E-state index contributed by atoms with van der Waals surface area (Å²) in [5.41, 5.74) is -0.987. The summed E-state index contributed by atoms with van der Waals surface area (Å²) in [6.45, 7) is 12.3. The van der Waals surface area contributed by atoms with Gasteiger partial charge in [0, 0.05) is 37.5 Å². The number of hydrogen-bond acceptors (Lipinski definition) is 4. The van der Waals surface area contributed by atoms with E-state index in [0.29, 0.717) is 26.1 Å². The van der Waals surface area contributed by atoms with Crippen molar-refractivity contribution < 1.29 is 19.1 Å². The van der Waals surface area contributed by atoms with E-state index in [2.05, 4.69) is 10.6 Å². The lowest BCUT2D eigenvalue weighted by molar-refractivity contribution is -0.128. The lowest BCUT2D eigenvalue weighted by Gasteiger charge is -2.24. The molecule has 1 atom stereocenters. The van der Waals surface area contributed by atoms with Gasteiger partial charge in [-0.15, -0.1) is 0 Å². The molecule has 7 nitrogen and oxygen atoms in total. The quantitative estimate of drug-likeness (QED) is 0.814. The molecule has 0 aliphatic carbocycles. The summed E-state index contributed by atoms with van der Waals surface area (Å²) >= 11 is 0. The molecular formula is C17H31N3O4. The Balaban J connectivity index is 2.29. The van der Waals surface area contributed by atoms with E-state index in [1.165, 1.54) is 0 Å². The molecule has 1 heterocycles. The van der Waals surface area contributed by atoms with E-state index in [1.807, 2.05) is 41.5 Å². The first-order chi connectivity index (χ1) is 10.9. The van der Waals surface area contributed by atoms with Gasteiger partial charge in [0.05, 0.1) is 0 Å². The molecule has 0 saturated carbocycles. The SMILES string of the molecule is CC(C)(C)OC(=O)N1CC[C@H](NC(=O)CCNC(=O)C(C)(C)C)C1. The van der Waals surface area contributed by atoms with Crippen LogP contribution < -0.4 is 10.6 Å². The van der Waals surface area contributed by atoms with Gasteiger partial charge < -0.3 is 20.3 Å². The fraction of sp³-hybridized carbons (Fsp3) is 0.824. The highest BCUT2D eigenvalue weighted by Gasteiger charge is 2.30. The maximum Gasteiger partial charge on any atom is 0.410 e. The third-order valence-corrected chi connectivity index (χ3v) is 3.52. The second kappa shape index (κ2) is 7.85. The van der Waals surface area contributed by atoms with Crippen molar-refractivity contribution >= 4 is 17.9 Å². The maximum atomic E-state index is 12.0. The molecule has 0 aromatic heterocycles. The molecule has 24 heavy (non-hydrogen) atoms. The second-order valence-corrected chi connectivity index (χ2v) is 8.24. The van der Waals surface area contributed by atoms with Crippen LogP contribution in [-0.4, -0.2) is 54.1 Å². The average Bonchev–Trinajstić information content (AvgIpc) is 2.84. The monoisotopic (exact) mass is 341 g/mol. The lowest BCUT2D eigenvalue weighted by atomic mass is 9.96. The zero-order valence-corrected chi connectivity index (χ0v) is 15.7. The van der Waals surface area contributed by atoms with E-state index in [4.69, 9.17) is 4.74 Å². The van der Waals surface area contributed by atoms with Gasteiger partial charge in [0.1, 0.15) is 5.60 Å². The number of carbonyl (C=O) groups is 3. The summed E-state index contributed by atoms with van der Waals surface area (Å²) in [6, 6.07) is -0.0664. The van der Waals surface area contributed by atoms with E-state index in [1.54, 1.807) is 4.90 Å². The molecule has 0 bridgehead atoms. The number of likely N-dealkylation sites (tertiary alicyclic amines) is 1. The second-order valence-electron chi connectivity index (χ2n) is 8.24. The van der Waals surface area contributed by atoms with Gasteiger partial charge in [-0.1, -0.05) is 20.8 Å². The molecule has 1 aliphatic heterocycles. The molecule has 138 valence electrons. The van der Waals surface area contributed by atoms with Crippen LogP contribution >= 0.6 is 0 Å². The minimum Gasteiger partial charge on any atom is -0.444 e. The Hall–Kier alpha value is -1.79. The van der Waals surface area contributed by atoms with Crippen LogP contribution in [0.3, 0.4) is 0 Å². The molecule has 2 N–H and O–H groups in total. The molecule has 1 rings (SSSR count). The fourth-order valence-electron chi connectivity index (χ4n) is 2.22. The summed E-state index contributed by atoms with van der Waals surface area (Å²) < 4.78 is 5.32. The number of ether oxygens (including phenoxy) is 1. The summed E-state index contributed by atoms with van der Waals surface area (Å²) in [4.78, 5) is 37.2. The molecule has 1 aliphatic rings. The highest BCUT2D eigenvalue weighted by Crippen LogP contribution is 2.15. The van der Waals surface area contributed by atoms with Gasteiger partial charge in [0.15, 0.2) is 0 Å². The van der Waals surface area contributed by atoms with Crippen molar-refractivity contribution in [3.63, 3.8) is 0 Å². The molecule has 0 unspecified atom stereocenters. The lowest BCUT2D eigenvalue weighted by Crippen LogP contribution is -2.41. The topological polar surface area (TPSA) is 87.7 Å². The predicted molar refractivity (Wildman–Crippen MR) is 91.4 cm³/mol. The fourth-order valence-corrected chi connectivity index (χ4v) is 2.22. The van der Waals surface area contributed by atoms with Gasteiger partial charge >= 0.3 is 6.09 Å². The highest BCUT2D eigenvalue weighted by molar-refractivity contribution is 5.82. The predicted octanol–water partition coefficient (Wildman–Crippen LogP) is 1.66. The Kier molecular flexibility index (Phi) is 6.63. The molecule has 0 radical (unpaired) electrons. The Bertz CT molecular complexity index is 477. The molecule has 0 spiro atoms. The van der Waals surface area contributed by atoms with Crippen LogP contribution in [0.25, 0.3) is 0 Å². The Morgan fingerprint density at radius 1 is 1.12 bits per heavy atom. The molecule has 0 aromatic rings. The summed E-state index contributed by atoms with van der Waals surface area (Å²) in [5, 5.41) is 5.65. The van der Waals surface area contributed by atoms with Crippen LogP contribution in [0.2, 0.25) is 0 Å². The normalized spacial score (nSPS) is 18.2. The van der Waals surface area contributed by atoms with Gasteiger partial charge in [-0.25, -0.2) is 4.79 Å². The van der Waals surface area contributed by atoms with Gasteiger partial charge in [-0.3, -0.25) is 9.59 Å². The Labute approximate surface area is 144 Å². The number of nitrogens with zero attached hydrogens (tertiary/aromatic N) is 1. The standard InChI is InChI=1S/C17H31N3O4/c1-16(2,3)14(22)18-9-7-13(21)19-12-8-10-20(11-12)15(23)24-17(4,5)6/h12H,7-11H2,1-6H3,(H,18,22)(H,19,21)/t12-/m0/s1. The van der Waals surface area contributed by atoms with Crippen LogP contribution in [0.1, 0.15) is 54.4 Å². The van der Waals surface area contributed by atoms with Gasteiger partial charge in [-0.05, 0) is 27.2 Å². The van der Waals surface area contributed by atoms with E-state index in [0.717, 1.165) is 0 Å². The number of amides is 3. The van der Waals surface area contributed by atoms with Crippen LogP contribution in [-0.2, 0) is 14.3 Å². The van der Waals surface area contributed by atoms with Crippen LogP contribution in [0.15, 0.2) is 0 Å². The zero-order valence-electron chi connectivity index (χ0n) is 15.7. The van der Waals surface area contributed by atoms with Crippen molar-refractivity contribution in [2.75, 3.05) is 19.6 Å². The van der Waals surface area contributed by atoms with Crippen LogP contribution in [0.4, 0.5) is 4.79 Å². The molecule has 1 saturated heterocycles. The first-order valence-corrected chi connectivity index (χ1v) is 8.44. The van der Waals surface area contributed by atoms with E-state index in [9.17, 15) is 14.4 Å². The van der Waals surface area contributed by atoms with Crippen molar-refractivity contribution in [2.24, 2.45) is 5.41 Å². The Morgan fingerprint density at radius 3 is 2.29 bits per heavy atom. The van der Waals surface area contributed by atoms with Gasteiger partial charge in [0.25, 0.3) is 0 Å². The van der Waals surface area contributed by atoms with Crippen LogP contribution in [0.5, 0.6) is 0 Å². The van der Waals surface area contributed by atoms with E-state index < -0.39 is 11.0 Å². The molecule has 3 amide bonds. The third-order valence-electron chi connectivity index (χ3n) is 3.52. The Morgan fingerprint density at radius 2 is 1.75 bits per heavy atom. The van der Waals surface area contributed by atoms with Crippen LogP contribution in [0, 0.1) is 5.41 Å². The molecule has 0 aromatic carbocycles.